The minimum atomic E-state index is -1.68. The van der Waals surface area contributed by atoms with Crippen LogP contribution in [0.2, 0.25) is 10.0 Å². The number of H-pyrrole nitrogens is 2. The van der Waals surface area contributed by atoms with E-state index < -0.39 is 34.8 Å². The summed E-state index contributed by atoms with van der Waals surface area (Å²) in [5.74, 6) is -0.896. The number of benzene rings is 3. The van der Waals surface area contributed by atoms with Crippen molar-refractivity contribution in [3.8, 4) is 0 Å². The van der Waals surface area contributed by atoms with Crippen molar-refractivity contribution in [2.45, 2.75) is 12.2 Å². The van der Waals surface area contributed by atoms with E-state index in [1.165, 1.54) is 30.3 Å². The highest BCUT2D eigenvalue weighted by atomic mass is 35.5. The van der Waals surface area contributed by atoms with Crippen LogP contribution in [0.5, 0.6) is 0 Å². The van der Waals surface area contributed by atoms with Gasteiger partial charge in [0.1, 0.15) is 17.9 Å². The zero-order valence-corrected chi connectivity index (χ0v) is 20.9. The Bertz CT molecular complexity index is 1730. The number of fused-ring (bicyclic) bond motifs is 2. The molecule has 0 fully saturated rings. The van der Waals surface area contributed by atoms with Crippen LogP contribution in [0, 0.1) is 0 Å². The number of hydrogen-bond acceptors (Lipinski definition) is 7. The first-order valence-corrected chi connectivity index (χ1v) is 12.0. The van der Waals surface area contributed by atoms with E-state index >= 15 is 0 Å². The van der Waals surface area contributed by atoms with E-state index in [4.69, 9.17) is 23.2 Å². The molecular formula is C27H18Cl2N4O5. The second-order valence-electron chi connectivity index (χ2n) is 8.51. The SMILES string of the molecule is C=C(c1nc2ccc(Cl)cc2[nH]c1=O)[C@@H](O)c1ccc([C@H](O)C(=O)c2nc3ccc(Cl)cc3[nH]c2=O)cc1. The Kier molecular flexibility index (Phi) is 6.68. The molecule has 38 heavy (non-hydrogen) atoms. The van der Waals surface area contributed by atoms with Crippen molar-refractivity contribution in [2.75, 3.05) is 0 Å². The summed E-state index contributed by atoms with van der Waals surface area (Å²) in [7, 11) is 0. The van der Waals surface area contributed by atoms with Crippen LogP contribution in [0.4, 0.5) is 0 Å². The number of Topliss-reactive ketones (excluding diaryl/α,β-unsaturated/α-hetero) is 1. The third-order valence-electron chi connectivity index (χ3n) is 5.99. The molecule has 0 unspecified atom stereocenters. The predicted octanol–water partition coefficient (Wildman–Crippen LogP) is 4.13. The maximum atomic E-state index is 12.9. The van der Waals surface area contributed by atoms with Gasteiger partial charge in [0, 0.05) is 15.6 Å². The lowest BCUT2D eigenvalue weighted by Crippen LogP contribution is -2.24. The van der Waals surface area contributed by atoms with Gasteiger partial charge in [-0.15, -0.1) is 0 Å². The summed E-state index contributed by atoms with van der Waals surface area (Å²) in [6.07, 6.45) is -2.98. The smallest absolute Gasteiger partial charge is 0.278 e. The quantitative estimate of drug-likeness (QED) is 0.233. The van der Waals surface area contributed by atoms with Gasteiger partial charge in [-0.3, -0.25) is 14.4 Å². The molecule has 5 rings (SSSR count). The van der Waals surface area contributed by atoms with Gasteiger partial charge in [0.05, 0.1) is 22.1 Å². The fourth-order valence-electron chi connectivity index (χ4n) is 3.97. The molecule has 0 aliphatic carbocycles. The number of rotatable bonds is 6. The summed E-state index contributed by atoms with van der Waals surface area (Å²) in [5.41, 5.74) is 0.371. The number of carbonyl (C=O) groups excluding carboxylic acids is 1. The average molecular weight is 549 g/mol. The molecule has 11 heteroatoms. The lowest BCUT2D eigenvalue weighted by atomic mass is 9.96. The number of aliphatic hydroxyl groups is 2. The van der Waals surface area contributed by atoms with Crippen LogP contribution in [0.25, 0.3) is 27.6 Å². The number of hydrogen-bond donors (Lipinski definition) is 4. The minimum Gasteiger partial charge on any atom is -0.384 e. The first-order chi connectivity index (χ1) is 18.1. The molecule has 2 heterocycles. The lowest BCUT2D eigenvalue weighted by molar-refractivity contribution is 0.0740. The number of nitrogens with zero attached hydrogens (tertiary/aromatic N) is 2. The van der Waals surface area contributed by atoms with Gasteiger partial charge in [0.2, 0.25) is 5.78 Å². The molecule has 4 N–H and O–H groups in total. The largest absolute Gasteiger partial charge is 0.384 e. The summed E-state index contributed by atoms with van der Waals surface area (Å²) in [5, 5.41) is 22.3. The van der Waals surface area contributed by atoms with Crippen molar-refractivity contribution in [3.05, 3.63) is 121 Å². The van der Waals surface area contributed by atoms with Crippen LogP contribution < -0.4 is 11.1 Å². The highest BCUT2D eigenvalue weighted by Crippen LogP contribution is 2.28. The van der Waals surface area contributed by atoms with Crippen molar-refractivity contribution >= 4 is 56.6 Å². The highest BCUT2D eigenvalue weighted by Gasteiger charge is 2.25. The number of ketones is 1. The fourth-order valence-corrected chi connectivity index (χ4v) is 4.32. The van der Waals surface area contributed by atoms with E-state index in [1.54, 1.807) is 30.3 Å². The van der Waals surface area contributed by atoms with E-state index in [0.717, 1.165) is 0 Å². The standard InChI is InChI=1S/C27H18Cl2N4O5/c1-12(21-26(37)32-19-10-15(28)6-8-17(19)30-21)23(34)13-2-4-14(5-3-13)24(35)25(36)22-27(38)33-20-11-16(29)7-9-18(20)31-22/h2-11,23-24,34-35H,1H2,(H,32,37)(H,33,38)/t23-,24+/m1/s1. The molecule has 0 amide bonds. The first kappa shape index (κ1) is 25.5. The zero-order valence-electron chi connectivity index (χ0n) is 19.4. The molecule has 0 saturated carbocycles. The van der Waals surface area contributed by atoms with Gasteiger partial charge in [-0.25, -0.2) is 9.97 Å². The molecule has 3 aromatic carbocycles. The summed E-state index contributed by atoms with van der Waals surface area (Å²) in [6.45, 7) is 3.84. The Morgan fingerprint density at radius 1 is 0.737 bits per heavy atom. The molecule has 5 aromatic rings. The molecule has 0 radical (unpaired) electrons. The number of halogens is 2. The second kappa shape index (κ2) is 9.96. The normalized spacial score (nSPS) is 12.9. The highest BCUT2D eigenvalue weighted by molar-refractivity contribution is 6.31. The van der Waals surface area contributed by atoms with Gasteiger partial charge < -0.3 is 20.2 Å². The maximum absolute atomic E-state index is 12.9. The van der Waals surface area contributed by atoms with Crippen molar-refractivity contribution in [1.82, 2.24) is 19.9 Å². The van der Waals surface area contributed by atoms with Crippen LogP contribution in [0.3, 0.4) is 0 Å². The molecule has 0 bridgehead atoms. The molecular weight excluding hydrogens is 531 g/mol. The number of carbonyl (C=O) groups is 1. The van der Waals surface area contributed by atoms with Crippen LogP contribution in [-0.2, 0) is 0 Å². The van der Waals surface area contributed by atoms with Crippen LogP contribution >= 0.6 is 23.2 Å². The third-order valence-corrected chi connectivity index (χ3v) is 6.46. The zero-order chi connectivity index (χ0) is 27.1. The maximum Gasteiger partial charge on any atom is 0.278 e. The molecule has 2 aromatic heterocycles. The topological polar surface area (TPSA) is 149 Å². The number of aliphatic hydroxyl groups excluding tert-OH is 2. The summed E-state index contributed by atoms with van der Waals surface area (Å²) >= 11 is 11.9. The van der Waals surface area contributed by atoms with Crippen molar-refractivity contribution in [1.29, 1.82) is 0 Å². The lowest BCUT2D eigenvalue weighted by Gasteiger charge is -2.15. The molecule has 190 valence electrons. The van der Waals surface area contributed by atoms with E-state index in [9.17, 15) is 24.6 Å². The number of aromatic nitrogens is 4. The Morgan fingerprint density at radius 2 is 1.18 bits per heavy atom. The Morgan fingerprint density at radius 3 is 1.71 bits per heavy atom. The minimum absolute atomic E-state index is 0.0468. The predicted molar refractivity (Wildman–Crippen MR) is 144 cm³/mol. The Balaban J connectivity index is 1.38. The molecule has 0 spiro atoms. The van der Waals surface area contributed by atoms with E-state index in [-0.39, 0.29) is 16.8 Å². The molecule has 0 aliphatic heterocycles. The van der Waals surface area contributed by atoms with Crippen LogP contribution in [0.15, 0.2) is 76.8 Å². The fraction of sp³-hybridized carbons (Fsp3) is 0.0741. The van der Waals surface area contributed by atoms with Gasteiger partial charge in [-0.1, -0.05) is 54.0 Å². The van der Waals surface area contributed by atoms with Gasteiger partial charge >= 0.3 is 0 Å². The van der Waals surface area contributed by atoms with Crippen LogP contribution in [-0.4, -0.2) is 35.9 Å². The van der Waals surface area contributed by atoms with E-state index in [1.807, 2.05) is 0 Å². The summed E-state index contributed by atoms with van der Waals surface area (Å²) < 4.78 is 0. The average Bonchev–Trinajstić information content (AvgIpc) is 2.90. The van der Waals surface area contributed by atoms with Crippen LogP contribution in [0.1, 0.15) is 39.5 Å². The van der Waals surface area contributed by atoms with Gasteiger partial charge in [0.15, 0.2) is 5.69 Å². The second-order valence-corrected chi connectivity index (χ2v) is 9.39. The number of nitrogens with one attached hydrogen (secondary N) is 2. The van der Waals surface area contributed by atoms with E-state index in [0.29, 0.717) is 37.7 Å². The van der Waals surface area contributed by atoms with Gasteiger partial charge in [-0.05, 0) is 47.5 Å². The van der Waals surface area contributed by atoms with Crippen molar-refractivity contribution < 1.29 is 15.0 Å². The molecule has 0 saturated heterocycles. The van der Waals surface area contributed by atoms with E-state index in [2.05, 4.69) is 26.5 Å². The van der Waals surface area contributed by atoms with Gasteiger partial charge in [-0.2, -0.15) is 0 Å². The summed E-state index contributed by atoms with van der Waals surface area (Å²) in [4.78, 5) is 51.5. The summed E-state index contributed by atoms with van der Waals surface area (Å²) in [6, 6.07) is 15.2. The molecule has 0 aliphatic rings. The van der Waals surface area contributed by atoms with Crippen molar-refractivity contribution in [2.24, 2.45) is 0 Å². The van der Waals surface area contributed by atoms with Gasteiger partial charge in [0.25, 0.3) is 11.1 Å². The third kappa shape index (κ3) is 4.75. The Hall–Kier alpha value is -4.15. The molecule has 9 nitrogen and oxygen atoms in total. The monoisotopic (exact) mass is 548 g/mol. The van der Waals surface area contributed by atoms with Crippen molar-refractivity contribution in [3.63, 3.8) is 0 Å². The number of aromatic amines is 2. The Labute approximate surface area is 224 Å². The first-order valence-electron chi connectivity index (χ1n) is 11.2. The molecule has 2 atom stereocenters.